The van der Waals surface area contributed by atoms with Gasteiger partial charge in [-0.1, -0.05) is 0 Å². The number of hydrogen-bond acceptors (Lipinski definition) is 5. The Labute approximate surface area is 150 Å². The van der Waals surface area contributed by atoms with Crippen LogP contribution in [0, 0.1) is 5.92 Å². The second-order valence-corrected chi connectivity index (χ2v) is 9.17. The molecule has 0 aromatic carbocycles. The number of hydrogen-bond donors (Lipinski definition) is 1. The summed E-state index contributed by atoms with van der Waals surface area (Å²) in [5.41, 5.74) is -1.86. The normalized spacial score (nSPS) is 19.0. The maximum Gasteiger partial charge on any atom is 0.417 e. The molecule has 0 aromatic heterocycles. The van der Waals surface area contributed by atoms with E-state index in [2.05, 4.69) is 5.32 Å². The van der Waals surface area contributed by atoms with Crippen LogP contribution in [0.25, 0.3) is 0 Å². The minimum absolute atomic E-state index is 0.256. The number of alkyl carbamates (subject to hydrolysis) is 1. The highest BCUT2D eigenvalue weighted by Crippen LogP contribution is 2.28. The topological polar surface area (TPSA) is 84.9 Å². The first-order chi connectivity index (χ1) is 11.1. The van der Waals surface area contributed by atoms with E-state index in [1.807, 2.05) is 13.8 Å². The van der Waals surface area contributed by atoms with Crippen LogP contribution in [0.2, 0.25) is 0 Å². The number of nitrogens with zero attached hydrogens (tertiary/aromatic N) is 1. The summed E-state index contributed by atoms with van der Waals surface area (Å²) in [7, 11) is 0. The SMILES string of the molecule is CC(C)(C[C@H]1CCN(C(=O)OC(C)(C)C)C1=O)NC(=O)OC(C)(C)C. The van der Waals surface area contributed by atoms with E-state index in [-0.39, 0.29) is 11.8 Å². The molecular weight excluding hydrogens is 324 g/mol. The number of likely N-dealkylation sites (tertiary alicyclic amines) is 1. The molecule has 0 radical (unpaired) electrons. The van der Waals surface area contributed by atoms with Crippen LogP contribution in [0.1, 0.15) is 68.2 Å². The molecule has 1 fully saturated rings. The predicted molar refractivity (Wildman–Crippen MR) is 94.1 cm³/mol. The fourth-order valence-electron chi connectivity index (χ4n) is 2.67. The van der Waals surface area contributed by atoms with Gasteiger partial charge in [0, 0.05) is 18.0 Å². The van der Waals surface area contributed by atoms with Crippen molar-refractivity contribution in [3.63, 3.8) is 0 Å². The summed E-state index contributed by atoms with van der Waals surface area (Å²) in [5.74, 6) is -0.592. The van der Waals surface area contributed by atoms with Crippen LogP contribution in [-0.4, -0.2) is 46.3 Å². The predicted octanol–water partition coefficient (Wildman–Crippen LogP) is 3.46. The molecule has 1 rings (SSSR count). The van der Waals surface area contributed by atoms with Crippen molar-refractivity contribution in [3.05, 3.63) is 0 Å². The number of carbonyl (C=O) groups is 3. The van der Waals surface area contributed by atoms with Crippen molar-refractivity contribution >= 4 is 18.1 Å². The fraction of sp³-hybridized carbons (Fsp3) is 0.833. The van der Waals surface area contributed by atoms with Gasteiger partial charge in [-0.2, -0.15) is 0 Å². The fourth-order valence-corrected chi connectivity index (χ4v) is 2.67. The minimum Gasteiger partial charge on any atom is -0.444 e. The average Bonchev–Trinajstić information content (AvgIpc) is 2.64. The molecule has 1 N–H and O–H groups in total. The van der Waals surface area contributed by atoms with Crippen molar-refractivity contribution in [2.75, 3.05) is 6.54 Å². The van der Waals surface area contributed by atoms with E-state index >= 15 is 0 Å². The molecule has 0 unspecified atom stereocenters. The number of amides is 3. The number of imide groups is 1. The zero-order valence-electron chi connectivity index (χ0n) is 16.7. The second kappa shape index (κ2) is 7.22. The van der Waals surface area contributed by atoms with Gasteiger partial charge in [-0.25, -0.2) is 14.5 Å². The van der Waals surface area contributed by atoms with E-state index in [4.69, 9.17) is 9.47 Å². The largest absolute Gasteiger partial charge is 0.444 e. The Morgan fingerprint density at radius 2 is 1.56 bits per heavy atom. The highest BCUT2D eigenvalue weighted by atomic mass is 16.6. The number of nitrogens with one attached hydrogen (secondary N) is 1. The van der Waals surface area contributed by atoms with E-state index < -0.39 is 28.9 Å². The summed E-state index contributed by atoms with van der Waals surface area (Å²) < 4.78 is 10.5. The molecule has 1 saturated heterocycles. The first kappa shape index (κ1) is 21.3. The van der Waals surface area contributed by atoms with Gasteiger partial charge in [0.15, 0.2) is 0 Å². The Morgan fingerprint density at radius 3 is 2.04 bits per heavy atom. The smallest absolute Gasteiger partial charge is 0.417 e. The molecule has 0 spiro atoms. The van der Waals surface area contributed by atoms with E-state index in [1.165, 1.54) is 0 Å². The third kappa shape index (κ3) is 7.32. The van der Waals surface area contributed by atoms with E-state index in [9.17, 15) is 14.4 Å². The van der Waals surface area contributed by atoms with E-state index in [0.717, 1.165) is 4.90 Å². The summed E-state index contributed by atoms with van der Waals surface area (Å²) in [5, 5.41) is 2.79. The van der Waals surface area contributed by atoms with E-state index in [1.54, 1.807) is 41.5 Å². The Morgan fingerprint density at radius 1 is 1.04 bits per heavy atom. The molecule has 144 valence electrons. The minimum atomic E-state index is -0.646. The van der Waals surface area contributed by atoms with Crippen LogP contribution in [0.4, 0.5) is 9.59 Å². The lowest BCUT2D eigenvalue weighted by atomic mass is 9.89. The Balaban J connectivity index is 2.64. The molecule has 7 heteroatoms. The molecule has 1 atom stereocenters. The Hall–Kier alpha value is -1.79. The molecule has 0 saturated carbocycles. The lowest BCUT2D eigenvalue weighted by Gasteiger charge is -2.30. The zero-order valence-corrected chi connectivity index (χ0v) is 16.7. The first-order valence-corrected chi connectivity index (χ1v) is 8.65. The summed E-state index contributed by atoms with van der Waals surface area (Å²) in [6.07, 6.45) is -0.160. The van der Waals surface area contributed by atoms with Gasteiger partial charge in [0.25, 0.3) is 0 Å². The van der Waals surface area contributed by atoms with Gasteiger partial charge in [-0.3, -0.25) is 4.79 Å². The molecule has 0 aliphatic carbocycles. The van der Waals surface area contributed by atoms with Crippen molar-refractivity contribution in [3.8, 4) is 0 Å². The van der Waals surface area contributed by atoms with E-state index in [0.29, 0.717) is 19.4 Å². The van der Waals surface area contributed by atoms with Crippen LogP contribution >= 0.6 is 0 Å². The van der Waals surface area contributed by atoms with Gasteiger partial charge in [0.05, 0.1) is 0 Å². The van der Waals surface area contributed by atoms with Crippen LogP contribution in [-0.2, 0) is 14.3 Å². The highest BCUT2D eigenvalue weighted by Gasteiger charge is 2.40. The maximum atomic E-state index is 12.5. The summed E-state index contributed by atoms with van der Waals surface area (Å²) in [4.78, 5) is 37.7. The third-order valence-electron chi connectivity index (χ3n) is 3.53. The maximum absolute atomic E-state index is 12.5. The molecule has 0 aromatic rings. The van der Waals surface area contributed by atoms with Crippen molar-refractivity contribution in [1.82, 2.24) is 10.2 Å². The van der Waals surface area contributed by atoms with Crippen LogP contribution in [0.5, 0.6) is 0 Å². The molecule has 1 heterocycles. The molecular formula is C18H32N2O5. The average molecular weight is 356 g/mol. The van der Waals surface area contributed by atoms with Gasteiger partial charge in [-0.05, 0) is 68.2 Å². The Kier molecular flexibility index (Phi) is 6.13. The summed E-state index contributed by atoms with van der Waals surface area (Å²) >= 11 is 0. The van der Waals surface area contributed by atoms with Gasteiger partial charge in [0.1, 0.15) is 11.2 Å². The molecule has 3 amide bonds. The quantitative estimate of drug-likeness (QED) is 0.837. The molecule has 0 bridgehead atoms. The third-order valence-corrected chi connectivity index (χ3v) is 3.53. The molecule has 1 aliphatic heterocycles. The van der Waals surface area contributed by atoms with Crippen molar-refractivity contribution < 1.29 is 23.9 Å². The van der Waals surface area contributed by atoms with Crippen molar-refractivity contribution in [1.29, 1.82) is 0 Å². The van der Waals surface area contributed by atoms with Gasteiger partial charge >= 0.3 is 12.2 Å². The standard InChI is InChI=1S/C18H32N2O5/c1-16(2,3)24-14(22)19-18(7,8)11-12-9-10-20(13(12)21)15(23)25-17(4,5)6/h12H,9-11H2,1-8H3,(H,19,22)/t12-/m1/s1. The van der Waals surface area contributed by atoms with Gasteiger partial charge in [0.2, 0.25) is 5.91 Å². The summed E-state index contributed by atoms with van der Waals surface area (Å²) in [6.45, 7) is 14.7. The second-order valence-electron chi connectivity index (χ2n) is 9.17. The molecule has 7 nitrogen and oxygen atoms in total. The molecule has 1 aliphatic rings. The Bertz CT molecular complexity index is 529. The monoisotopic (exact) mass is 356 g/mol. The van der Waals surface area contributed by atoms with Gasteiger partial charge in [-0.15, -0.1) is 0 Å². The van der Waals surface area contributed by atoms with Crippen LogP contribution < -0.4 is 5.32 Å². The molecule has 25 heavy (non-hydrogen) atoms. The van der Waals surface area contributed by atoms with Crippen molar-refractivity contribution in [2.24, 2.45) is 5.92 Å². The number of ether oxygens (including phenoxy) is 2. The van der Waals surface area contributed by atoms with Crippen molar-refractivity contribution in [2.45, 2.75) is 85.0 Å². The van der Waals surface area contributed by atoms with Crippen LogP contribution in [0.15, 0.2) is 0 Å². The first-order valence-electron chi connectivity index (χ1n) is 8.65. The van der Waals surface area contributed by atoms with Gasteiger partial charge < -0.3 is 14.8 Å². The lowest BCUT2D eigenvalue weighted by molar-refractivity contribution is -0.130. The zero-order chi connectivity index (χ0) is 19.6. The number of rotatable bonds is 3. The lowest BCUT2D eigenvalue weighted by Crippen LogP contribution is -2.47. The highest BCUT2D eigenvalue weighted by molar-refractivity contribution is 5.95. The number of carbonyl (C=O) groups excluding carboxylic acids is 3. The summed E-state index contributed by atoms with van der Waals surface area (Å²) in [6, 6.07) is 0. The van der Waals surface area contributed by atoms with Crippen LogP contribution in [0.3, 0.4) is 0 Å².